The van der Waals surface area contributed by atoms with Crippen molar-refractivity contribution < 1.29 is 5.11 Å². The van der Waals surface area contributed by atoms with Crippen LogP contribution in [0.25, 0.3) is 0 Å². The molecule has 2 rings (SSSR count). The zero-order valence-electron chi connectivity index (χ0n) is 8.96. The summed E-state index contributed by atoms with van der Waals surface area (Å²) in [5.74, 6) is 1.04. The van der Waals surface area contributed by atoms with Crippen molar-refractivity contribution in [3.8, 4) is 0 Å². The van der Waals surface area contributed by atoms with Gasteiger partial charge < -0.3 is 5.11 Å². The Morgan fingerprint density at radius 2 is 2.07 bits per heavy atom. The quantitative estimate of drug-likeness (QED) is 0.721. The summed E-state index contributed by atoms with van der Waals surface area (Å²) in [6.45, 7) is 4.69. The van der Waals surface area contributed by atoms with Crippen LogP contribution in [0.15, 0.2) is 18.2 Å². The molecule has 1 aromatic rings. The summed E-state index contributed by atoms with van der Waals surface area (Å²) in [5, 5.41) is 9.31. The molecule has 1 N–H and O–H groups in total. The fourth-order valence-corrected chi connectivity index (χ4v) is 2.45. The maximum absolute atomic E-state index is 9.31. The summed E-state index contributed by atoms with van der Waals surface area (Å²) in [7, 11) is 0. The highest BCUT2D eigenvalue weighted by Gasteiger charge is 2.23. The van der Waals surface area contributed by atoms with Crippen LogP contribution in [0.3, 0.4) is 0 Å². The topological polar surface area (TPSA) is 20.2 Å². The van der Waals surface area contributed by atoms with E-state index >= 15 is 0 Å². The Kier molecular flexibility index (Phi) is 2.60. The van der Waals surface area contributed by atoms with Gasteiger partial charge in [0, 0.05) is 12.5 Å². The standard InChI is InChI=1S/C13H18O/c1-9-3-6-12-10(2)4-5-11(8-14)13(12)7-9/h3,6-7,10-11,14H,4-5,8H2,1-2H3/t10-,11+/m1/s1. The van der Waals surface area contributed by atoms with Crippen LogP contribution in [0.1, 0.15) is 48.3 Å². The fraction of sp³-hybridized carbons (Fsp3) is 0.538. The van der Waals surface area contributed by atoms with Crippen molar-refractivity contribution in [3.05, 3.63) is 34.9 Å². The molecule has 0 bridgehead atoms. The molecule has 1 aliphatic rings. The smallest absolute Gasteiger partial charge is 0.0499 e. The molecule has 76 valence electrons. The summed E-state index contributed by atoms with van der Waals surface area (Å²) in [6, 6.07) is 6.65. The molecule has 1 nitrogen and oxygen atoms in total. The molecule has 1 aliphatic carbocycles. The van der Waals surface area contributed by atoms with E-state index in [1.807, 2.05) is 0 Å². The van der Waals surface area contributed by atoms with Gasteiger partial charge in [-0.3, -0.25) is 0 Å². The van der Waals surface area contributed by atoms with Crippen LogP contribution in [-0.2, 0) is 0 Å². The predicted octanol–water partition coefficient (Wildman–Crippen LogP) is 2.97. The highest BCUT2D eigenvalue weighted by atomic mass is 16.3. The highest BCUT2D eigenvalue weighted by molar-refractivity contribution is 5.38. The van der Waals surface area contributed by atoms with Gasteiger partial charge in [-0.2, -0.15) is 0 Å². The first-order valence-corrected chi connectivity index (χ1v) is 5.43. The minimum absolute atomic E-state index is 0.295. The third kappa shape index (κ3) is 1.57. The lowest BCUT2D eigenvalue weighted by molar-refractivity contribution is 0.249. The summed E-state index contributed by atoms with van der Waals surface area (Å²) in [4.78, 5) is 0. The van der Waals surface area contributed by atoms with E-state index in [2.05, 4.69) is 32.0 Å². The maximum atomic E-state index is 9.31. The molecule has 14 heavy (non-hydrogen) atoms. The highest BCUT2D eigenvalue weighted by Crippen LogP contribution is 2.38. The molecule has 1 aromatic carbocycles. The predicted molar refractivity (Wildman–Crippen MR) is 58.7 cm³/mol. The number of rotatable bonds is 1. The van der Waals surface area contributed by atoms with E-state index in [-0.39, 0.29) is 0 Å². The van der Waals surface area contributed by atoms with Crippen molar-refractivity contribution in [1.29, 1.82) is 0 Å². The Morgan fingerprint density at radius 3 is 2.79 bits per heavy atom. The third-order valence-corrected chi connectivity index (χ3v) is 3.38. The van der Waals surface area contributed by atoms with E-state index in [0.717, 1.165) is 6.42 Å². The van der Waals surface area contributed by atoms with E-state index < -0.39 is 0 Å². The number of fused-ring (bicyclic) bond motifs is 1. The van der Waals surface area contributed by atoms with E-state index in [4.69, 9.17) is 0 Å². The molecule has 0 amide bonds. The van der Waals surface area contributed by atoms with Gasteiger partial charge in [-0.15, -0.1) is 0 Å². The Morgan fingerprint density at radius 1 is 1.29 bits per heavy atom. The molecule has 0 spiro atoms. The van der Waals surface area contributed by atoms with Gasteiger partial charge in [0.2, 0.25) is 0 Å². The van der Waals surface area contributed by atoms with Crippen LogP contribution in [0.5, 0.6) is 0 Å². The molecule has 1 heteroatoms. The lowest BCUT2D eigenvalue weighted by Crippen LogP contribution is -2.15. The van der Waals surface area contributed by atoms with E-state index in [1.165, 1.54) is 23.1 Å². The van der Waals surface area contributed by atoms with E-state index in [9.17, 15) is 5.11 Å². The summed E-state index contributed by atoms with van der Waals surface area (Å²) >= 11 is 0. The Hall–Kier alpha value is -0.820. The SMILES string of the molecule is Cc1ccc2c(c1)[C@H](CO)CC[C@H]2C. The molecule has 2 atom stereocenters. The average molecular weight is 190 g/mol. The van der Waals surface area contributed by atoms with E-state index in [0.29, 0.717) is 18.4 Å². The molecule has 0 saturated carbocycles. The third-order valence-electron chi connectivity index (χ3n) is 3.38. The zero-order valence-corrected chi connectivity index (χ0v) is 8.96. The summed E-state index contributed by atoms with van der Waals surface area (Å²) in [5.41, 5.74) is 4.13. The Bertz CT molecular complexity index is 330. The minimum atomic E-state index is 0.295. The maximum Gasteiger partial charge on any atom is 0.0499 e. The van der Waals surface area contributed by atoms with Crippen LogP contribution >= 0.6 is 0 Å². The number of hydrogen-bond acceptors (Lipinski definition) is 1. The van der Waals surface area contributed by atoms with Gasteiger partial charge >= 0.3 is 0 Å². The van der Waals surface area contributed by atoms with Crippen LogP contribution in [0, 0.1) is 6.92 Å². The lowest BCUT2D eigenvalue weighted by Gasteiger charge is -2.28. The lowest BCUT2D eigenvalue weighted by atomic mass is 9.77. The second-order valence-electron chi connectivity index (χ2n) is 4.49. The first-order valence-electron chi connectivity index (χ1n) is 5.43. The molecular weight excluding hydrogens is 172 g/mol. The number of aryl methyl sites for hydroxylation is 1. The molecule has 0 radical (unpaired) electrons. The van der Waals surface area contributed by atoms with Crippen molar-refractivity contribution in [2.75, 3.05) is 6.61 Å². The van der Waals surface area contributed by atoms with Crippen molar-refractivity contribution in [2.24, 2.45) is 0 Å². The first-order chi connectivity index (χ1) is 6.72. The second kappa shape index (κ2) is 3.74. The Labute approximate surface area is 85.8 Å². The van der Waals surface area contributed by atoms with Crippen LogP contribution in [0.2, 0.25) is 0 Å². The summed E-state index contributed by atoms with van der Waals surface area (Å²) < 4.78 is 0. The molecule has 0 heterocycles. The van der Waals surface area contributed by atoms with E-state index in [1.54, 1.807) is 0 Å². The molecule has 0 unspecified atom stereocenters. The van der Waals surface area contributed by atoms with Crippen molar-refractivity contribution in [2.45, 2.75) is 38.5 Å². The second-order valence-corrected chi connectivity index (χ2v) is 4.49. The molecule has 0 saturated heterocycles. The van der Waals surface area contributed by atoms with Gasteiger partial charge in [-0.1, -0.05) is 30.7 Å². The monoisotopic (exact) mass is 190 g/mol. The van der Waals surface area contributed by atoms with Crippen molar-refractivity contribution in [3.63, 3.8) is 0 Å². The van der Waals surface area contributed by atoms with Crippen molar-refractivity contribution >= 4 is 0 Å². The summed E-state index contributed by atoms with van der Waals surface area (Å²) in [6.07, 6.45) is 2.34. The first kappa shape index (κ1) is 9.72. The normalized spacial score (nSPS) is 25.9. The largest absolute Gasteiger partial charge is 0.396 e. The zero-order chi connectivity index (χ0) is 10.1. The van der Waals surface area contributed by atoms with Gasteiger partial charge in [0.15, 0.2) is 0 Å². The van der Waals surface area contributed by atoms with Gasteiger partial charge in [0.1, 0.15) is 0 Å². The van der Waals surface area contributed by atoms with Gasteiger partial charge in [0.25, 0.3) is 0 Å². The van der Waals surface area contributed by atoms with Crippen molar-refractivity contribution in [1.82, 2.24) is 0 Å². The molecule has 0 fully saturated rings. The fourth-order valence-electron chi connectivity index (χ4n) is 2.45. The molecule has 0 aliphatic heterocycles. The van der Waals surface area contributed by atoms with Crippen LogP contribution < -0.4 is 0 Å². The van der Waals surface area contributed by atoms with Crippen LogP contribution in [-0.4, -0.2) is 11.7 Å². The Balaban J connectivity index is 2.46. The van der Waals surface area contributed by atoms with Crippen LogP contribution in [0.4, 0.5) is 0 Å². The minimum Gasteiger partial charge on any atom is -0.396 e. The van der Waals surface area contributed by atoms with Gasteiger partial charge in [-0.25, -0.2) is 0 Å². The van der Waals surface area contributed by atoms with Gasteiger partial charge in [-0.05, 0) is 36.8 Å². The van der Waals surface area contributed by atoms with Gasteiger partial charge in [0.05, 0.1) is 0 Å². The number of benzene rings is 1. The molecule has 0 aromatic heterocycles. The average Bonchev–Trinajstić information content (AvgIpc) is 2.18. The molecular formula is C13H18O. The number of aliphatic hydroxyl groups excluding tert-OH is 1. The number of hydrogen-bond donors (Lipinski definition) is 1. The number of aliphatic hydroxyl groups is 1.